The standard InChI is InChI=1S/C27H30FN3O4S/c1-34-25-9-3-2-8-24(25)29-27(33)31(17-22-6-4-14-35-22)19-26(32)30(18-23-7-5-15-36-23)16-20-10-12-21(28)13-11-20/h2-3,5,7-13,15,22H,4,6,14,16-19H2,1H3,(H,29,33). The maximum Gasteiger partial charge on any atom is 0.322 e. The van der Waals surface area contributed by atoms with Gasteiger partial charge in [-0.3, -0.25) is 4.79 Å². The first-order chi connectivity index (χ1) is 17.5. The maximum absolute atomic E-state index is 13.6. The van der Waals surface area contributed by atoms with E-state index in [0.29, 0.717) is 37.7 Å². The molecule has 0 bridgehead atoms. The van der Waals surface area contributed by atoms with E-state index >= 15 is 0 Å². The number of carbonyl (C=O) groups excluding carboxylic acids is 2. The smallest absolute Gasteiger partial charge is 0.322 e. The Kier molecular flexibility index (Phi) is 8.91. The van der Waals surface area contributed by atoms with Gasteiger partial charge in [-0.15, -0.1) is 11.3 Å². The number of para-hydroxylation sites is 2. The zero-order valence-electron chi connectivity index (χ0n) is 20.2. The van der Waals surface area contributed by atoms with Crippen LogP contribution in [-0.2, 0) is 22.6 Å². The van der Waals surface area contributed by atoms with Gasteiger partial charge in [-0.1, -0.05) is 30.3 Å². The van der Waals surface area contributed by atoms with Crippen LogP contribution in [0.4, 0.5) is 14.9 Å². The van der Waals surface area contributed by atoms with Crippen LogP contribution in [0.1, 0.15) is 23.3 Å². The Morgan fingerprint density at radius 3 is 2.58 bits per heavy atom. The number of halogens is 1. The maximum atomic E-state index is 13.6. The second-order valence-electron chi connectivity index (χ2n) is 8.60. The lowest BCUT2D eigenvalue weighted by atomic mass is 10.2. The fraction of sp³-hybridized carbons (Fsp3) is 0.333. The molecule has 0 spiro atoms. The number of anilines is 1. The summed E-state index contributed by atoms with van der Waals surface area (Å²) in [4.78, 5) is 31.1. The molecule has 1 atom stereocenters. The lowest BCUT2D eigenvalue weighted by Crippen LogP contribution is -2.46. The highest BCUT2D eigenvalue weighted by molar-refractivity contribution is 7.09. The van der Waals surface area contributed by atoms with Crippen LogP contribution in [0.15, 0.2) is 66.0 Å². The minimum Gasteiger partial charge on any atom is -0.495 e. The van der Waals surface area contributed by atoms with Crippen molar-refractivity contribution < 1.29 is 23.5 Å². The summed E-state index contributed by atoms with van der Waals surface area (Å²) in [6, 6.07) is 16.7. The molecular weight excluding hydrogens is 481 g/mol. The molecule has 7 nitrogen and oxygen atoms in total. The Labute approximate surface area is 214 Å². The van der Waals surface area contributed by atoms with Gasteiger partial charge in [-0.2, -0.15) is 0 Å². The van der Waals surface area contributed by atoms with Crippen LogP contribution >= 0.6 is 11.3 Å². The number of thiophene rings is 1. The monoisotopic (exact) mass is 511 g/mol. The molecule has 190 valence electrons. The number of urea groups is 1. The second-order valence-corrected chi connectivity index (χ2v) is 9.63. The van der Waals surface area contributed by atoms with Gasteiger partial charge in [-0.05, 0) is 54.1 Å². The van der Waals surface area contributed by atoms with Gasteiger partial charge in [0.1, 0.15) is 18.1 Å². The van der Waals surface area contributed by atoms with Crippen molar-refractivity contribution in [1.29, 1.82) is 0 Å². The van der Waals surface area contributed by atoms with E-state index in [0.717, 1.165) is 23.3 Å². The van der Waals surface area contributed by atoms with E-state index in [9.17, 15) is 14.0 Å². The third-order valence-electron chi connectivity index (χ3n) is 5.98. The zero-order valence-corrected chi connectivity index (χ0v) is 21.0. The Hall–Kier alpha value is -3.43. The molecule has 3 amide bonds. The van der Waals surface area contributed by atoms with Crippen LogP contribution in [0.5, 0.6) is 5.75 Å². The molecular formula is C27H30FN3O4S. The van der Waals surface area contributed by atoms with Gasteiger partial charge in [0.15, 0.2) is 0 Å². The number of nitrogens with zero attached hydrogens (tertiary/aromatic N) is 2. The van der Waals surface area contributed by atoms with E-state index < -0.39 is 6.03 Å². The Balaban J connectivity index is 1.52. The molecule has 0 saturated carbocycles. The molecule has 4 rings (SSSR count). The van der Waals surface area contributed by atoms with Gasteiger partial charge in [0.25, 0.3) is 0 Å². The van der Waals surface area contributed by atoms with Crippen molar-refractivity contribution in [3.05, 3.63) is 82.3 Å². The minimum absolute atomic E-state index is 0.118. The average Bonchev–Trinajstić information content (AvgIpc) is 3.59. The number of benzene rings is 2. The van der Waals surface area contributed by atoms with E-state index in [4.69, 9.17) is 9.47 Å². The van der Waals surface area contributed by atoms with Gasteiger partial charge in [-0.25, -0.2) is 9.18 Å². The van der Waals surface area contributed by atoms with Gasteiger partial charge < -0.3 is 24.6 Å². The Bertz CT molecular complexity index is 1130. The van der Waals surface area contributed by atoms with Crippen LogP contribution in [-0.4, -0.2) is 54.6 Å². The SMILES string of the molecule is COc1ccccc1NC(=O)N(CC(=O)N(Cc1ccc(F)cc1)Cc1cccs1)CC1CCCO1. The lowest BCUT2D eigenvalue weighted by Gasteiger charge is -2.29. The quantitative estimate of drug-likeness (QED) is 0.409. The first-order valence-corrected chi connectivity index (χ1v) is 12.7. The summed E-state index contributed by atoms with van der Waals surface area (Å²) in [6.07, 6.45) is 1.64. The van der Waals surface area contributed by atoms with Crippen molar-refractivity contribution in [3.8, 4) is 5.75 Å². The molecule has 9 heteroatoms. The molecule has 1 aromatic heterocycles. The third kappa shape index (κ3) is 7.05. The molecule has 0 radical (unpaired) electrons. The number of ether oxygens (including phenoxy) is 2. The van der Waals surface area contributed by atoms with E-state index in [2.05, 4.69) is 5.32 Å². The summed E-state index contributed by atoms with van der Waals surface area (Å²) >= 11 is 1.56. The zero-order chi connectivity index (χ0) is 25.3. The predicted octanol–water partition coefficient (Wildman–Crippen LogP) is 5.14. The predicted molar refractivity (Wildman–Crippen MR) is 138 cm³/mol. The summed E-state index contributed by atoms with van der Waals surface area (Å²) in [7, 11) is 1.54. The molecule has 0 aliphatic carbocycles. The van der Waals surface area contributed by atoms with Crippen molar-refractivity contribution in [2.75, 3.05) is 32.1 Å². The van der Waals surface area contributed by atoms with Crippen molar-refractivity contribution in [2.45, 2.75) is 32.0 Å². The molecule has 3 aromatic rings. The molecule has 2 aromatic carbocycles. The number of carbonyl (C=O) groups is 2. The summed E-state index contributed by atoms with van der Waals surface area (Å²) in [5.41, 5.74) is 1.34. The van der Waals surface area contributed by atoms with Crippen molar-refractivity contribution >= 4 is 29.0 Å². The number of hydrogen-bond acceptors (Lipinski definition) is 5. The highest BCUT2D eigenvalue weighted by Crippen LogP contribution is 2.24. The summed E-state index contributed by atoms with van der Waals surface area (Å²) in [5, 5.41) is 4.84. The number of rotatable bonds is 10. The lowest BCUT2D eigenvalue weighted by molar-refractivity contribution is -0.133. The molecule has 1 saturated heterocycles. The number of methoxy groups -OCH3 is 1. The van der Waals surface area contributed by atoms with Crippen LogP contribution in [0.3, 0.4) is 0 Å². The highest BCUT2D eigenvalue weighted by Gasteiger charge is 2.27. The minimum atomic E-state index is -0.402. The molecule has 1 fully saturated rings. The third-order valence-corrected chi connectivity index (χ3v) is 6.84. The largest absolute Gasteiger partial charge is 0.495 e. The molecule has 1 N–H and O–H groups in total. The highest BCUT2D eigenvalue weighted by atomic mass is 32.1. The normalized spacial score (nSPS) is 14.9. The molecule has 1 unspecified atom stereocenters. The second kappa shape index (κ2) is 12.5. The van der Waals surface area contributed by atoms with Gasteiger partial charge in [0, 0.05) is 24.6 Å². The fourth-order valence-electron chi connectivity index (χ4n) is 4.09. The van der Waals surface area contributed by atoms with Crippen LogP contribution in [0.25, 0.3) is 0 Å². The van der Waals surface area contributed by atoms with Crippen molar-refractivity contribution in [1.82, 2.24) is 9.80 Å². The molecule has 36 heavy (non-hydrogen) atoms. The van der Waals surface area contributed by atoms with E-state index in [1.807, 2.05) is 23.6 Å². The first kappa shape index (κ1) is 25.7. The Morgan fingerprint density at radius 1 is 1.08 bits per heavy atom. The number of amides is 3. The summed E-state index contributed by atoms with van der Waals surface area (Å²) < 4.78 is 24.5. The van der Waals surface area contributed by atoms with Gasteiger partial charge in [0.2, 0.25) is 5.91 Å². The van der Waals surface area contributed by atoms with Crippen molar-refractivity contribution in [3.63, 3.8) is 0 Å². The van der Waals surface area contributed by atoms with E-state index in [-0.39, 0.29) is 24.4 Å². The first-order valence-electron chi connectivity index (χ1n) is 11.9. The fourth-order valence-corrected chi connectivity index (χ4v) is 4.81. The topological polar surface area (TPSA) is 71.1 Å². The van der Waals surface area contributed by atoms with Crippen LogP contribution in [0, 0.1) is 5.82 Å². The molecule has 1 aliphatic heterocycles. The molecule has 1 aliphatic rings. The summed E-state index contributed by atoms with van der Waals surface area (Å²) in [5.74, 6) is -0.00333. The molecule has 2 heterocycles. The van der Waals surface area contributed by atoms with Crippen molar-refractivity contribution in [2.24, 2.45) is 0 Å². The average molecular weight is 512 g/mol. The number of nitrogens with one attached hydrogen (secondary N) is 1. The van der Waals surface area contributed by atoms with Gasteiger partial charge in [0.05, 0.1) is 25.4 Å². The van der Waals surface area contributed by atoms with Crippen LogP contribution < -0.4 is 10.1 Å². The van der Waals surface area contributed by atoms with Crippen LogP contribution in [0.2, 0.25) is 0 Å². The summed E-state index contributed by atoms with van der Waals surface area (Å²) in [6.45, 7) is 1.54. The number of hydrogen-bond donors (Lipinski definition) is 1. The van der Waals surface area contributed by atoms with Gasteiger partial charge >= 0.3 is 6.03 Å². The Morgan fingerprint density at radius 2 is 1.89 bits per heavy atom. The van der Waals surface area contributed by atoms with E-state index in [1.54, 1.807) is 46.6 Å². The van der Waals surface area contributed by atoms with E-state index in [1.165, 1.54) is 24.1 Å².